The van der Waals surface area contributed by atoms with Crippen LogP contribution in [0.1, 0.15) is 24.0 Å². The average molecular weight is 225 g/mol. The number of benzene rings is 1. The molecule has 0 amide bonds. The summed E-state index contributed by atoms with van der Waals surface area (Å²) in [5, 5.41) is 0. The Kier molecular flexibility index (Phi) is 2.76. The molecule has 0 atom stereocenters. The molecule has 88 valence electrons. The molecule has 2 rings (SSSR count). The van der Waals surface area contributed by atoms with E-state index < -0.39 is 6.67 Å². The topological polar surface area (TPSA) is 44.5 Å². The summed E-state index contributed by atoms with van der Waals surface area (Å²) in [5.74, 6) is 1.00. The highest BCUT2D eigenvalue weighted by atomic mass is 19.1. The van der Waals surface area contributed by atoms with Crippen molar-refractivity contribution >= 4 is 0 Å². The smallest absolute Gasteiger partial charge is 0.166 e. The van der Waals surface area contributed by atoms with Gasteiger partial charge in [0.2, 0.25) is 0 Å². The Morgan fingerprint density at radius 3 is 2.44 bits per heavy atom. The van der Waals surface area contributed by atoms with E-state index in [-0.39, 0.29) is 5.54 Å². The molecule has 0 radical (unpaired) electrons. The number of halogens is 1. The van der Waals surface area contributed by atoms with Crippen molar-refractivity contribution < 1.29 is 13.9 Å². The van der Waals surface area contributed by atoms with Crippen LogP contribution in [0.4, 0.5) is 4.39 Å². The molecule has 1 aromatic rings. The summed E-state index contributed by atoms with van der Waals surface area (Å²) in [7, 11) is 3.05. The minimum atomic E-state index is -0.580. The van der Waals surface area contributed by atoms with Crippen molar-refractivity contribution in [3.63, 3.8) is 0 Å². The zero-order valence-corrected chi connectivity index (χ0v) is 9.55. The number of alkyl halides is 1. The fraction of sp³-hybridized carbons (Fsp3) is 0.500. The van der Waals surface area contributed by atoms with E-state index in [4.69, 9.17) is 15.2 Å². The van der Waals surface area contributed by atoms with Crippen molar-refractivity contribution in [2.45, 2.75) is 25.1 Å². The normalized spacial score (nSPS) is 17.0. The number of ether oxygens (including phenoxy) is 2. The maximum absolute atomic E-state index is 12.9. The van der Waals surface area contributed by atoms with Crippen LogP contribution in [0.15, 0.2) is 12.1 Å². The minimum absolute atomic E-state index is 0.288. The van der Waals surface area contributed by atoms with E-state index in [9.17, 15) is 4.39 Å². The molecule has 3 nitrogen and oxygen atoms in total. The van der Waals surface area contributed by atoms with Crippen LogP contribution in [0.5, 0.6) is 11.5 Å². The largest absolute Gasteiger partial charge is 0.493 e. The third-order valence-electron chi connectivity index (χ3n) is 3.06. The molecule has 0 saturated heterocycles. The highest BCUT2D eigenvalue weighted by molar-refractivity contribution is 5.51. The lowest BCUT2D eigenvalue weighted by atomic mass is 10.0. The summed E-state index contributed by atoms with van der Waals surface area (Å²) in [6.45, 7) is -0.580. The summed E-state index contributed by atoms with van der Waals surface area (Å²) in [4.78, 5) is 0. The third-order valence-corrected chi connectivity index (χ3v) is 3.06. The maximum Gasteiger partial charge on any atom is 0.166 e. The van der Waals surface area contributed by atoms with E-state index in [1.807, 2.05) is 6.07 Å². The quantitative estimate of drug-likeness (QED) is 0.853. The Morgan fingerprint density at radius 2 is 2.00 bits per heavy atom. The van der Waals surface area contributed by atoms with Crippen molar-refractivity contribution in [1.82, 2.24) is 0 Å². The van der Waals surface area contributed by atoms with Crippen LogP contribution in [-0.4, -0.2) is 14.2 Å². The van der Waals surface area contributed by atoms with Crippen LogP contribution in [0, 0.1) is 0 Å². The van der Waals surface area contributed by atoms with Gasteiger partial charge in [0.15, 0.2) is 11.5 Å². The van der Waals surface area contributed by atoms with Crippen LogP contribution in [0.2, 0.25) is 0 Å². The number of hydrogen-bond acceptors (Lipinski definition) is 3. The molecule has 1 fully saturated rings. The SMILES string of the molecule is COc1cc(C2(N)CC2)cc(CF)c1OC. The summed E-state index contributed by atoms with van der Waals surface area (Å²) in [6.07, 6.45) is 1.88. The van der Waals surface area contributed by atoms with Gasteiger partial charge in [0.1, 0.15) is 6.67 Å². The third kappa shape index (κ3) is 1.73. The van der Waals surface area contributed by atoms with E-state index >= 15 is 0 Å². The Hall–Kier alpha value is -1.29. The van der Waals surface area contributed by atoms with Crippen molar-refractivity contribution in [3.05, 3.63) is 23.3 Å². The first-order valence-corrected chi connectivity index (χ1v) is 5.25. The summed E-state index contributed by atoms with van der Waals surface area (Å²) in [5.41, 5.74) is 7.22. The van der Waals surface area contributed by atoms with Crippen molar-refractivity contribution in [2.75, 3.05) is 14.2 Å². The second-order valence-electron chi connectivity index (χ2n) is 4.16. The van der Waals surface area contributed by atoms with E-state index in [0.717, 1.165) is 18.4 Å². The van der Waals surface area contributed by atoms with Gasteiger partial charge in [0, 0.05) is 11.1 Å². The summed E-state index contributed by atoms with van der Waals surface area (Å²) >= 11 is 0. The van der Waals surface area contributed by atoms with Gasteiger partial charge in [-0.05, 0) is 30.5 Å². The first-order valence-electron chi connectivity index (χ1n) is 5.25. The Balaban J connectivity index is 2.50. The van der Waals surface area contributed by atoms with E-state index in [0.29, 0.717) is 17.1 Å². The first kappa shape index (κ1) is 11.2. The highest BCUT2D eigenvalue weighted by Gasteiger charge is 2.40. The number of methoxy groups -OCH3 is 2. The van der Waals surface area contributed by atoms with Gasteiger partial charge < -0.3 is 15.2 Å². The van der Waals surface area contributed by atoms with Gasteiger partial charge in [0.05, 0.1) is 14.2 Å². The van der Waals surface area contributed by atoms with Crippen LogP contribution < -0.4 is 15.2 Å². The first-order chi connectivity index (χ1) is 7.64. The zero-order valence-electron chi connectivity index (χ0n) is 9.55. The number of rotatable bonds is 4. The molecule has 1 aliphatic carbocycles. The number of nitrogens with two attached hydrogens (primary N) is 1. The molecule has 16 heavy (non-hydrogen) atoms. The lowest BCUT2D eigenvalue weighted by molar-refractivity contribution is 0.344. The lowest BCUT2D eigenvalue weighted by Crippen LogP contribution is -2.19. The van der Waals surface area contributed by atoms with Gasteiger partial charge in [-0.3, -0.25) is 0 Å². The lowest BCUT2D eigenvalue weighted by Gasteiger charge is -2.16. The van der Waals surface area contributed by atoms with Crippen LogP contribution in [0.3, 0.4) is 0 Å². The second kappa shape index (κ2) is 3.94. The molecule has 1 saturated carbocycles. The van der Waals surface area contributed by atoms with Gasteiger partial charge in [-0.15, -0.1) is 0 Å². The van der Waals surface area contributed by atoms with Crippen LogP contribution >= 0.6 is 0 Å². The molecule has 0 heterocycles. The molecule has 2 N–H and O–H groups in total. The van der Waals surface area contributed by atoms with Crippen LogP contribution in [-0.2, 0) is 12.2 Å². The Bertz CT molecular complexity index is 377. The van der Waals surface area contributed by atoms with Gasteiger partial charge >= 0.3 is 0 Å². The molecule has 4 heteroatoms. The second-order valence-corrected chi connectivity index (χ2v) is 4.16. The molecular weight excluding hydrogens is 209 g/mol. The fourth-order valence-electron chi connectivity index (χ4n) is 1.85. The molecule has 0 aliphatic heterocycles. The monoisotopic (exact) mass is 225 g/mol. The van der Waals surface area contributed by atoms with Crippen LogP contribution in [0.25, 0.3) is 0 Å². The van der Waals surface area contributed by atoms with E-state index in [1.54, 1.807) is 13.2 Å². The van der Waals surface area contributed by atoms with Gasteiger partial charge in [-0.25, -0.2) is 4.39 Å². The fourth-order valence-corrected chi connectivity index (χ4v) is 1.85. The Labute approximate surface area is 94.3 Å². The summed E-state index contributed by atoms with van der Waals surface area (Å²) < 4.78 is 23.2. The molecule has 0 spiro atoms. The molecule has 1 aliphatic rings. The van der Waals surface area contributed by atoms with Crippen molar-refractivity contribution in [1.29, 1.82) is 0 Å². The molecular formula is C12H16FNO2. The standard InChI is InChI=1S/C12H16FNO2/c1-15-10-6-9(12(14)3-4-12)5-8(7-13)11(10)16-2/h5-6H,3-4,7,14H2,1-2H3. The number of hydrogen-bond donors (Lipinski definition) is 1. The molecule has 1 aromatic carbocycles. The van der Waals surface area contributed by atoms with Crippen molar-refractivity contribution in [3.8, 4) is 11.5 Å². The molecule has 0 bridgehead atoms. The zero-order chi connectivity index (χ0) is 11.8. The predicted octanol–water partition coefficient (Wildman–Crippen LogP) is 2.12. The Morgan fingerprint density at radius 1 is 1.31 bits per heavy atom. The minimum Gasteiger partial charge on any atom is -0.493 e. The highest BCUT2D eigenvalue weighted by Crippen LogP contribution is 2.46. The van der Waals surface area contributed by atoms with E-state index in [1.165, 1.54) is 7.11 Å². The maximum atomic E-state index is 12.9. The van der Waals surface area contributed by atoms with Gasteiger partial charge in [-0.2, -0.15) is 0 Å². The molecule has 0 aromatic heterocycles. The average Bonchev–Trinajstić information content (AvgIpc) is 3.06. The van der Waals surface area contributed by atoms with Gasteiger partial charge in [0.25, 0.3) is 0 Å². The van der Waals surface area contributed by atoms with E-state index in [2.05, 4.69) is 0 Å². The predicted molar refractivity (Wildman–Crippen MR) is 59.5 cm³/mol. The van der Waals surface area contributed by atoms with Crippen molar-refractivity contribution in [2.24, 2.45) is 5.73 Å². The summed E-state index contributed by atoms with van der Waals surface area (Å²) in [6, 6.07) is 3.61. The molecule has 0 unspecified atom stereocenters. The van der Waals surface area contributed by atoms with Gasteiger partial charge in [-0.1, -0.05) is 0 Å².